The Morgan fingerprint density at radius 2 is 1.86 bits per heavy atom. The molecular weight excluding hydrogens is 276 g/mol. The number of hydrogen-bond acceptors (Lipinski definition) is 4. The molecular formula is C18H20N2O2. The molecule has 0 spiro atoms. The van der Waals surface area contributed by atoms with Crippen LogP contribution >= 0.6 is 0 Å². The van der Waals surface area contributed by atoms with E-state index in [1.165, 1.54) is 32.1 Å². The molecule has 0 bridgehead atoms. The monoisotopic (exact) mass is 296 g/mol. The molecule has 0 radical (unpaired) electrons. The fourth-order valence-corrected chi connectivity index (χ4v) is 3.28. The molecule has 114 valence electrons. The van der Waals surface area contributed by atoms with Crippen molar-refractivity contribution in [1.82, 2.24) is 9.97 Å². The first-order chi connectivity index (χ1) is 10.8. The highest BCUT2D eigenvalue weighted by Crippen LogP contribution is 2.33. The van der Waals surface area contributed by atoms with E-state index in [-0.39, 0.29) is 0 Å². The van der Waals surface area contributed by atoms with E-state index in [2.05, 4.69) is 4.98 Å². The van der Waals surface area contributed by atoms with Crippen molar-refractivity contribution >= 4 is 11.1 Å². The van der Waals surface area contributed by atoms with Crippen LogP contribution in [0.15, 0.2) is 33.1 Å². The molecule has 0 aliphatic heterocycles. The van der Waals surface area contributed by atoms with E-state index in [1.54, 1.807) is 0 Å². The highest BCUT2D eigenvalue weighted by atomic mass is 16.4. The Hall–Kier alpha value is -2.10. The number of aryl methyl sites for hydroxylation is 1. The van der Waals surface area contributed by atoms with Crippen molar-refractivity contribution in [2.45, 2.75) is 51.4 Å². The second kappa shape index (κ2) is 5.59. The van der Waals surface area contributed by atoms with Gasteiger partial charge in [-0.15, -0.1) is 0 Å². The zero-order chi connectivity index (χ0) is 14.9. The molecule has 1 aliphatic rings. The summed E-state index contributed by atoms with van der Waals surface area (Å²) in [5.41, 5.74) is 2.67. The number of fused-ring (bicyclic) bond motifs is 1. The lowest BCUT2D eigenvalue weighted by Crippen LogP contribution is -2.04. The van der Waals surface area contributed by atoms with Gasteiger partial charge < -0.3 is 8.83 Å². The molecule has 3 aromatic rings. The van der Waals surface area contributed by atoms with E-state index >= 15 is 0 Å². The van der Waals surface area contributed by atoms with Gasteiger partial charge in [0.1, 0.15) is 11.3 Å². The normalized spacial score (nSPS) is 16.4. The minimum absolute atomic E-state index is 0.491. The van der Waals surface area contributed by atoms with Gasteiger partial charge in [-0.2, -0.15) is 0 Å². The average molecular weight is 296 g/mol. The summed E-state index contributed by atoms with van der Waals surface area (Å²) in [4.78, 5) is 9.25. The zero-order valence-corrected chi connectivity index (χ0v) is 12.8. The maximum Gasteiger partial charge on any atom is 0.201 e. The first-order valence-electron chi connectivity index (χ1n) is 8.10. The van der Waals surface area contributed by atoms with Gasteiger partial charge in [-0.05, 0) is 31.9 Å². The zero-order valence-electron chi connectivity index (χ0n) is 12.8. The second-order valence-corrected chi connectivity index (χ2v) is 6.14. The predicted molar refractivity (Wildman–Crippen MR) is 83.9 cm³/mol. The van der Waals surface area contributed by atoms with E-state index in [1.807, 2.05) is 31.2 Å². The number of aromatic nitrogens is 2. The molecule has 0 amide bonds. The Labute approximate surface area is 129 Å². The summed E-state index contributed by atoms with van der Waals surface area (Å²) >= 11 is 0. The Morgan fingerprint density at radius 3 is 2.68 bits per heavy atom. The average Bonchev–Trinajstić information content (AvgIpc) is 3.12. The fraction of sp³-hybridized carbons (Fsp3) is 0.444. The summed E-state index contributed by atoms with van der Waals surface area (Å²) in [7, 11) is 0. The third-order valence-corrected chi connectivity index (χ3v) is 4.52. The first kappa shape index (κ1) is 13.6. The Balaban J connectivity index is 1.58. The first-order valence-corrected chi connectivity index (χ1v) is 8.10. The van der Waals surface area contributed by atoms with Crippen molar-refractivity contribution in [3.63, 3.8) is 0 Å². The molecule has 4 heteroatoms. The third kappa shape index (κ3) is 2.54. The van der Waals surface area contributed by atoms with Crippen LogP contribution in [0, 0.1) is 6.92 Å². The lowest BCUT2D eigenvalue weighted by Gasteiger charge is -2.17. The SMILES string of the molecule is Cc1oc(C2CCCCC2)nc1Cc1nc2ccccc2o1. The smallest absolute Gasteiger partial charge is 0.201 e. The van der Waals surface area contributed by atoms with Crippen molar-refractivity contribution in [1.29, 1.82) is 0 Å². The molecule has 1 aliphatic carbocycles. The lowest BCUT2D eigenvalue weighted by atomic mass is 9.89. The number of hydrogen-bond donors (Lipinski definition) is 0. The van der Waals surface area contributed by atoms with Crippen LogP contribution in [0.5, 0.6) is 0 Å². The van der Waals surface area contributed by atoms with Gasteiger partial charge in [0.15, 0.2) is 11.5 Å². The topological polar surface area (TPSA) is 52.1 Å². The van der Waals surface area contributed by atoms with Crippen molar-refractivity contribution in [2.24, 2.45) is 0 Å². The molecule has 1 aromatic carbocycles. The Kier molecular flexibility index (Phi) is 3.45. The second-order valence-electron chi connectivity index (χ2n) is 6.14. The van der Waals surface area contributed by atoms with Crippen LogP contribution in [0.4, 0.5) is 0 Å². The molecule has 0 saturated heterocycles. The summed E-state index contributed by atoms with van der Waals surface area (Å²) in [6.45, 7) is 1.98. The van der Waals surface area contributed by atoms with Gasteiger partial charge in [-0.25, -0.2) is 9.97 Å². The summed E-state index contributed by atoms with van der Waals surface area (Å²) < 4.78 is 11.7. The molecule has 2 aromatic heterocycles. The van der Waals surface area contributed by atoms with Gasteiger partial charge in [-0.1, -0.05) is 31.4 Å². The predicted octanol–water partition coefficient (Wildman–Crippen LogP) is 4.76. The van der Waals surface area contributed by atoms with E-state index in [0.717, 1.165) is 28.4 Å². The van der Waals surface area contributed by atoms with E-state index < -0.39 is 0 Å². The van der Waals surface area contributed by atoms with Gasteiger partial charge in [0.2, 0.25) is 5.89 Å². The third-order valence-electron chi connectivity index (χ3n) is 4.52. The highest BCUT2D eigenvalue weighted by molar-refractivity contribution is 5.72. The summed E-state index contributed by atoms with van der Waals surface area (Å²) in [5, 5.41) is 0. The highest BCUT2D eigenvalue weighted by Gasteiger charge is 2.22. The summed E-state index contributed by atoms with van der Waals surface area (Å²) in [6, 6.07) is 7.83. The molecule has 1 fully saturated rings. The Morgan fingerprint density at radius 1 is 1.05 bits per heavy atom. The van der Waals surface area contributed by atoms with Crippen LogP contribution in [0.3, 0.4) is 0 Å². The summed E-state index contributed by atoms with van der Waals surface area (Å²) in [6.07, 6.45) is 6.90. The number of rotatable bonds is 3. The van der Waals surface area contributed by atoms with Gasteiger partial charge in [0, 0.05) is 5.92 Å². The van der Waals surface area contributed by atoms with Crippen LogP contribution in [0.25, 0.3) is 11.1 Å². The molecule has 1 saturated carbocycles. The van der Waals surface area contributed by atoms with Crippen LogP contribution in [0.1, 0.15) is 61.3 Å². The van der Waals surface area contributed by atoms with Crippen LogP contribution < -0.4 is 0 Å². The van der Waals surface area contributed by atoms with Crippen molar-refractivity contribution < 1.29 is 8.83 Å². The lowest BCUT2D eigenvalue weighted by molar-refractivity contribution is 0.356. The maximum atomic E-state index is 5.92. The molecule has 0 unspecified atom stereocenters. The summed E-state index contributed by atoms with van der Waals surface area (Å²) in [5.74, 6) is 2.99. The fourth-order valence-electron chi connectivity index (χ4n) is 3.28. The molecule has 4 rings (SSSR count). The number of para-hydroxylation sites is 2. The van der Waals surface area contributed by atoms with E-state index in [9.17, 15) is 0 Å². The molecule has 22 heavy (non-hydrogen) atoms. The minimum atomic E-state index is 0.491. The minimum Gasteiger partial charge on any atom is -0.445 e. The number of oxazole rings is 2. The largest absolute Gasteiger partial charge is 0.445 e. The molecule has 2 heterocycles. The van der Waals surface area contributed by atoms with Crippen molar-refractivity contribution in [3.8, 4) is 0 Å². The van der Waals surface area contributed by atoms with Crippen LogP contribution in [-0.2, 0) is 6.42 Å². The van der Waals surface area contributed by atoms with Gasteiger partial charge in [0.05, 0.1) is 12.1 Å². The molecule has 0 atom stereocenters. The van der Waals surface area contributed by atoms with E-state index in [4.69, 9.17) is 13.8 Å². The number of benzene rings is 1. The molecule has 0 N–H and O–H groups in total. The van der Waals surface area contributed by atoms with Gasteiger partial charge in [0.25, 0.3) is 0 Å². The van der Waals surface area contributed by atoms with Crippen LogP contribution in [0.2, 0.25) is 0 Å². The molecule has 4 nitrogen and oxygen atoms in total. The number of nitrogens with zero attached hydrogens (tertiary/aromatic N) is 2. The van der Waals surface area contributed by atoms with E-state index in [0.29, 0.717) is 18.2 Å². The standard InChI is InChI=1S/C18H20N2O2/c1-12-15(20-18(21-12)13-7-3-2-4-8-13)11-17-19-14-9-5-6-10-16(14)22-17/h5-6,9-10,13H,2-4,7-8,11H2,1H3. The van der Waals surface area contributed by atoms with Gasteiger partial charge in [-0.3, -0.25) is 0 Å². The van der Waals surface area contributed by atoms with Crippen molar-refractivity contribution in [2.75, 3.05) is 0 Å². The quantitative estimate of drug-likeness (QED) is 0.699. The Bertz CT molecular complexity index is 748. The van der Waals surface area contributed by atoms with Crippen molar-refractivity contribution in [3.05, 3.63) is 47.5 Å². The van der Waals surface area contributed by atoms with Gasteiger partial charge >= 0.3 is 0 Å². The maximum absolute atomic E-state index is 5.92. The van der Waals surface area contributed by atoms with Crippen LogP contribution in [-0.4, -0.2) is 9.97 Å².